The molecule has 7 heteroatoms. The van der Waals surface area contributed by atoms with Crippen molar-refractivity contribution in [2.24, 2.45) is 0 Å². The SMILES string of the molecule is O=C(Cc1csc(NC(=O)c2ccco2)n1)N[C@H]1CCc2ccccc21. The number of aryl methyl sites for hydroxylation is 1. The van der Waals surface area contributed by atoms with Crippen molar-refractivity contribution < 1.29 is 14.0 Å². The smallest absolute Gasteiger partial charge is 0.293 e. The molecule has 132 valence electrons. The number of nitrogens with one attached hydrogen (secondary N) is 2. The standard InChI is InChI=1S/C19H17N3O3S/c23-17(21-15-8-7-12-4-1-2-5-14(12)15)10-13-11-26-19(20-13)22-18(24)16-6-3-9-25-16/h1-6,9,11,15H,7-8,10H2,(H,21,23)(H,20,22,24)/t15-/m0/s1. The van der Waals surface area contributed by atoms with E-state index in [0.29, 0.717) is 10.8 Å². The lowest BCUT2D eigenvalue weighted by Crippen LogP contribution is -2.28. The third kappa shape index (κ3) is 3.52. The molecule has 1 aliphatic rings. The number of hydrogen-bond donors (Lipinski definition) is 2. The van der Waals surface area contributed by atoms with Crippen molar-refractivity contribution in [1.82, 2.24) is 10.3 Å². The van der Waals surface area contributed by atoms with E-state index >= 15 is 0 Å². The van der Waals surface area contributed by atoms with Crippen LogP contribution in [0.3, 0.4) is 0 Å². The highest BCUT2D eigenvalue weighted by atomic mass is 32.1. The minimum absolute atomic E-state index is 0.0652. The second-order valence-electron chi connectivity index (χ2n) is 6.11. The molecule has 2 N–H and O–H groups in total. The van der Waals surface area contributed by atoms with Crippen LogP contribution in [0, 0.1) is 0 Å². The monoisotopic (exact) mass is 367 g/mol. The van der Waals surface area contributed by atoms with E-state index in [1.807, 2.05) is 12.1 Å². The van der Waals surface area contributed by atoms with Crippen LogP contribution >= 0.6 is 11.3 Å². The van der Waals surface area contributed by atoms with Crippen LogP contribution in [0.4, 0.5) is 5.13 Å². The van der Waals surface area contributed by atoms with Gasteiger partial charge < -0.3 is 9.73 Å². The van der Waals surface area contributed by atoms with Gasteiger partial charge in [-0.3, -0.25) is 14.9 Å². The van der Waals surface area contributed by atoms with Crippen LogP contribution in [0.15, 0.2) is 52.5 Å². The first-order chi connectivity index (χ1) is 12.7. The number of amides is 2. The Morgan fingerprint density at radius 2 is 2.12 bits per heavy atom. The third-order valence-electron chi connectivity index (χ3n) is 4.33. The highest BCUT2D eigenvalue weighted by molar-refractivity contribution is 7.14. The van der Waals surface area contributed by atoms with Crippen molar-refractivity contribution in [3.05, 3.63) is 70.6 Å². The summed E-state index contributed by atoms with van der Waals surface area (Å²) in [7, 11) is 0. The van der Waals surface area contributed by atoms with Crippen molar-refractivity contribution in [2.45, 2.75) is 25.3 Å². The van der Waals surface area contributed by atoms with Crippen molar-refractivity contribution in [3.8, 4) is 0 Å². The molecular weight excluding hydrogens is 350 g/mol. The molecule has 1 aromatic carbocycles. The first-order valence-corrected chi connectivity index (χ1v) is 9.23. The van der Waals surface area contributed by atoms with Gasteiger partial charge in [0.2, 0.25) is 5.91 Å². The van der Waals surface area contributed by atoms with Gasteiger partial charge in [-0.1, -0.05) is 24.3 Å². The van der Waals surface area contributed by atoms with Gasteiger partial charge in [0.1, 0.15) is 0 Å². The average molecular weight is 367 g/mol. The van der Waals surface area contributed by atoms with Crippen LogP contribution in [0.2, 0.25) is 0 Å². The molecular formula is C19H17N3O3S. The first kappa shape index (κ1) is 16.5. The Morgan fingerprint density at radius 1 is 1.23 bits per heavy atom. The number of hydrogen-bond acceptors (Lipinski definition) is 5. The molecule has 0 unspecified atom stereocenters. The molecule has 2 aromatic heterocycles. The van der Waals surface area contributed by atoms with Crippen LogP contribution < -0.4 is 10.6 Å². The Labute approximate surface area is 154 Å². The molecule has 26 heavy (non-hydrogen) atoms. The molecule has 2 amide bonds. The van der Waals surface area contributed by atoms with Crippen LogP contribution in [0.5, 0.6) is 0 Å². The van der Waals surface area contributed by atoms with Crippen molar-refractivity contribution in [2.75, 3.05) is 5.32 Å². The molecule has 6 nitrogen and oxygen atoms in total. The first-order valence-electron chi connectivity index (χ1n) is 8.35. The summed E-state index contributed by atoms with van der Waals surface area (Å²) in [5, 5.41) is 7.97. The van der Waals surface area contributed by atoms with Gasteiger partial charge in [0.05, 0.1) is 24.4 Å². The van der Waals surface area contributed by atoms with E-state index in [2.05, 4.69) is 27.8 Å². The Morgan fingerprint density at radius 3 is 2.96 bits per heavy atom. The highest BCUT2D eigenvalue weighted by Crippen LogP contribution is 2.30. The summed E-state index contributed by atoms with van der Waals surface area (Å²) < 4.78 is 5.04. The quantitative estimate of drug-likeness (QED) is 0.724. The molecule has 2 heterocycles. The molecule has 4 rings (SSSR count). The Kier molecular flexibility index (Phi) is 4.53. The highest BCUT2D eigenvalue weighted by Gasteiger charge is 2.23. The molecule has 0 spiro atoms. The van der Waals surface area contributed by atoms with Crippen LogP contribution in [0.25, 0.3) is 0 Å². The van der Waals surface area contributed by atoms with Gasteiger partial charge in [-0.05, 0) is 36.1 Å². The largest absolute Gasteiger partial charge is 0.459 e. The summed E-state index contributed by atoms with van der Waals surface area (Å²) >= 11 is 1.28. The number of anilines is 1. The number of aromatic nitrogens is 1. The van der Waals surface area contributed by atoms with Gasteiger partial charge in [0, 0.05) is 5.38 Å². The number of rotatable bonds is 5. The lowest BCUT2D eigenvalue weighted by molar-refractivity contribution is -0.121. The molecule has 0 fully saturated rings. The van der Waals surface area contributed by atoms with Gasteiger partial charge in [0.15, 0.2) is 10.9 Å². The Hall–Kier alpha value is -2.93. The van der Waals surface area contributed by atoms with E-state index in [-0.39, 0.29) is 30.0 Å². The fourth-order valence-electron chi connectivity index (χ4n) is 3.13. The van der Waals surface area contributed by atoms with E-state index in [4.69, 9.17) is 4.42 Å². The summed E-state index contributed by atoms with van der Waals surface area (Å²) in [6.07, 6.45) is 3.53. The molecule has 1 atom stereocenters. The second-order valence-corrected chi connectivity index (χ2v) is 6.97. The summed E-state index contributed by atoms with van der Waals surface area (Å²) in [4.78, 5) is 28.6. The van der Waals surface area contributed by atoms with E-state index < -0.39 is 0 Å². The molecule has 0 saturated carbocycles. The lowest BCUT2D eigenvalue weighted by Gasteiger charge is -2.13. The van der Waals surface area contributed by atoms with Crippen LogP contribution in [-0.2, 0) is 17.6 Å². The normalized spacial score (nSPS) is 15.5. The zero-order valence-corrected chi connectivity index (χ0v) is 14.7. The van der Waals surface area contributed by atoms with E-state index in [0.717, 1.165) is 12.8 Å². The fourth-order valence-corrected chi connectivity index (χ4v) is 3.83. The number of nitrogens with zero attached hydrogens (tertiary/aromatic N) is 1. The van der Waals surface area contributed by atoms with E-state index in [1.165, 1.54) is 28.7 Å². The Bertz CT molecular complexity index is 933. The minimum atomic E-state index is -0.358. The van der Waals surface area contributed by atoms with Crippen LogP contribution in [0.1, 0.15) is 39.8 Å². The zero-order valence-electron chi connectivity index (χ0n) is 13.9. The fraction of sp³-hybridized carbons (Fsp3) is 0.211. The summed E-state index contributed by atoms with van der Waals surface area (Å²) in [6, 6.07) is 11.5. The van der Waals surface area contributed by atoms with E-state index in [9.17, 15) is 9.59 Å². The molecule has 1 aliphatic carbocycles. The number of thiazole rings is 1. The predicted molar refractivity (Wildman–Crippen MR) is 98.1 cm³/mol. The number of fused-ring (bicyclic) bond motifs is 1. The number of benzene rings is 1. The van der Waals surface area contributed by atoms with Gasteiger partial charge in [0.25, 0.3) is 5.91 Å². The molecule has 3 aromatic rings. The second kappa shape index (κ2) is 7.13. The number of carbonyl (C=O) groups excluding carboxylic acids is 2. The maximum Gasteiger partial charge on any atom is 0.293 e. The lowest BCUT2D eigenvalue weighted by atomic mass is 10.1. The third-order valence-corrected chi connectivity index (χ3v) is 5.13. The van der Waals surface area contributed by atoms with Crippen molar-refractivity contribution in [1.29, 1.82) is 0 Å². The van der Waals surface area contributed by atoms with Gasteiger partial charge in [-0.25, -0.2) is 4.98 Å². The maximum absolute atomic E-state index is 12.3. The zero-order chi connectivity index (χ0) is 17.9. The van der Waals surface area contributed by atoms with Crippen LogP contribution in [-0.4, -0.2) is 16.8 Å². The Balaban J connectivity index is 1.34. The molecule has 0 aliphatic heterocycles. The van der Waals surface area contributed by atoms with Crippen molar-refractivity contribution >= 4 is 28.3 Å². The topological polar surface area (TPSA) is 84.2 Å². The predicted octanol–water partition coefficient (Wildman–Crippen LogP) is 3.33. The van der Waals surface area contributed by atoms with Gasteiger partial charge in [-0.15, -0.1) is 11.3 Å². The van der Waals surface area contributed by atoms with E-state index in [1.54, 1.807) is 17.5 Å². The van der Waals surface area contributed by atoms with Gasteiger partial charge in [-0.2, -0.15) is 0 Å². The maximum atomic E-state index is 12.3. The average Bonchev–Trinajstić information content (AvgIpc) is 3.37. The molecule has 0 bridgehead atoms. The minimum Gasteiger partial charge on any atom is -0.459 e. The summed E-state index contributed by atoms with van der Waals surface area (Å²) in [6.45, 7) is 0. The van der Waals surface area contributed by atoms with Crippen molar-refractivity contribution in [3.63, 3.8) is 0 Å². The number of carbonyl (C=O) groups is 2. The molecule has 0 saturated heterocycles. The molecule has 0 radical (unpaired) electrons. The van der Waals surface area contributed by atoms with Gasteiger partial charge >= 0.3 is 0 Å². The summed E-state index contributed by atoms with van der Waals surface area (Å²) in [5.74, 6) is -0.205. The number of furan rings is 1. The summed E-state index contributed by atoms with van der Waals surface area (Å²) in [5.41, 5.74) is 3.13.